The third kappa shape index (κ3) is 5.90. The van der Waals surface area contributed by atoms with Crippen LogP contribution in [-0.2, 0) is 13.1 Å². The maximum Gasteiger partial charge on any atom is 0.315 e. The predicted octanol–water partition coefficient (Wildman–Crippen LogP) is 2.41. The summed E-state index contributed by atoms with van der Waals surface area (Å²) in [6, 6.07) is 10.7. The van der Waals surface area contributed by atoms with Gasteiger partial charge in [0.05, 0.1) is 0 Å². The second kappa shape index (κ2) is 10.0. The summed E-state index contributed by atoms with van der Waals surface area (Å²) in [7, 11) is 0. The number of hydrogen-bond donors (Lipinski definition) is 3. The van der Waals surface area contributed by atoms with Gasteiger partial charge < -0.3 is 16.0 Å². The standard InChI is InChI=1S/C21H24N6O2/c1-2-8-23-20(28)18-5-3-4-16(11-18)12-25-21(29)26-14-17-6-7-19(24-13-17)27-10-9-22-15-27/h3-7,9-11,13,15H,2,8,12,14H2,1H3,(H,23,28)(H2,25,26,29). The highest BCUT2D eigenvalue weighted by atomic mass is 16.2. The Balaban J connectivity index is 1.46. The molecule has 3 N–H and O–H groups in total. The lowest BCUT2D eigenvalue weighted by atomic mass is 10.1. The Morgan fingerprint density at radius 1 is 1.03 bits per heavy atom. The summed E-state index contributed by atoms with van der Waals surface area (Å²) in [4.78, 5) is 32.4. The van der Waals surface area contributed by atoms with Crippen molar-refractivity contribution in [2.75, 3.05) is 6.54 Å². The average molecular weight is 392 g/mol. The third-order valence-electron chi connectivity index (χ3n) is 4.21. The molecule has 0 aliphatic rings. The first kappa shape index (κ1) is 20.1. The molecule has 0 bridgehead atoms. The summed E-state index contributed by atoms with van der Waals surface area (Å²) in [5, 5.41) is 8.44. The van der Waals surface area contributed by atoms with Gasteiger partial charge in [0.2, 0.25) is 0 Å². The molecule has 0 saturated carbocycles. The number of hydrogen-bond acceptors (Lipinski definition) is 4. The van der Waals surface area contributed by atoms with E-state index >= 15 is 0 Å². The van der Waals surface area contributed by atoms with E-state index in [1.807, 2.05) is 37.4 Å². The van der Waals surface area contributed by atoms with E-state index in [4.69, 9.17) is 0 Å². The number of benzene rings is 1. The summed E-state index contributed by atoms with van der Waals surface area (Å²) >= 11 is 0. The van der Waals surface area contributed by atoms with Gasteiger partial charge >= 0.3 is 6.03 Å². The van der Waals surface area contributed by atoms with Crippen LogP contribution in [0.1, 0.15) is 34.8 Å². The van der Waals surface area contributed by atoms with Crippen molar-refractivity contribution in [2.45, 2.75) is 26.4 Å². The van der Waals surface area contributed by atoms with Crippen molar-refractivity contribution >= 4 is 11.9 Å². The van der Waals surface area contributed by atoms with Gasteiger partial charge in [-0.1, -0.05) is 25.1 Å². The van der Waals surface area contributed by atoms with Crippen LogP contribution >= 0.6 is 0 Å². The summed E-state index contributed by atoms with van der Waals surface area (Å²) in [5.41, 5.74) is 2.33. The molecule has 3 amide bonds. The number of nitrogens with one attached hydrogen (secondary N) is 3. The number of urea groups is 1. The number of rotatable bonds is 8. The van der Waals surface area contributed by atoms with Crippen molar-refractivity contribution in [1.82, 2.24) is 30.5 Å². The van der Waals surface area contributed by atoms with E-state index in [1.54, 1.807) is 35.4 Å². The van der Waals surface area contributed by atoms with Crippen LogP contribution in [0.3, 0.4) is 0 Å². The Morgan fingerprint density at radius 3 is 2.55 bits per heavy atom. The van der Waals surface area contributed by atoms with Gasteiger partial charge in [-0.15, -0.1) is 0 Å². The Morgan fingerprint density at radius 2 is 1.86 bits per heavy atom. The lowest BCUT2D eigenvalue weighted by Crippen LogP contribution is -2.34. The SMILES string of the molecule is CCCNC(=O)c1cccc(CNC(=O)NCc2ccc(-n3ccnc3)nc2)c1. The van der Waals surface area contributed by atoms with Gasteiger partial charge in [-0.25, -0.2) is 14.8 Å². The summed E-state index contributed by atoms with van der Waals surface area (Å²) in [5.74, 6) is 0.656. The Bertz CT molecular complexity index is 938. The monoisotopic (exact) mass is 392 g/mol. The quantitative estimate of drug-likeness (QED) is 0.548. The fourth-order valence-corrected chi connectivity index (χ4v) is 2.66. The second-order valence-corrected chi connectivity index (χ2v) is 6.49. The molecule has 0 aliphatic heterocycles. The zero-order chi connectivity index (χ0) is 20.5. The van der Waals surface area contributed by atoms with Crippen LogP contribution in [0.2, 0.25) is 0 Å². The molecule has 2 aromatic heterocycles. The summed E-state index contributed by atoms with van der Waals surface area (Å²) in [6.45, 7) is 3.34. The van der Waals surface area contributed by atoms with E-state index in [1.165, 1.54) is 0 Å². The Hall–Kier alpha value is -3.68. The van der Waals surface area contributed by atoms with Gasteiger partial charge in [0, 0.05) is 43.8 Å². The van der Waals surface area contributed by atoms with Gasteiger partial charge in [-0.3, -0.25) is 9.36 Å². The first-order chi connectivity index (χ1) is 14.2. The van der Waals surface area contributed by atoms with Crippen molar-refractivity contribution in [3.8, 4) is 5.82 Å². The molecule has 1 aromatic carbocycles. The van der Waals surface area contributed by atoms with Crippen molar-refractivity contribution in [1.29, 1.82) is 0 Å². The van der Waals surface area contributed by atoms with Crippen LogP contribution in [0.5, 0.6) is 0 Å². The minimum Gasteiger partial charge on any atom is -0.352 e. The van der Waals surface area contributed by atoms with Crippen LogP contribution < -0.4 is 16.0 Å². The molecule has 29 heavy (non-hydrogen) atoms. The van der Waals surface area contributed by atoms with Crippen molar-refractivity contribution in [3.63, 3.8) is 0 Å². The van der Waals surface area contributed by atoms with Crippen molar-refractivity contribution < 1.29 is 9.59 Å². The molecule has 0 radical (unpaired) electrons. The minimum absolute atomic E-state index is 0.107. The molecule has 0 fully saturated rings. The average Bonchev–Trinajstić information content (AvgIpc) is 3.30. The number of nitrogens with zero attached hydrogens (tertiary/aromatic N) is 3. The second-order valence-electron chi connectivity index (χ2n) is 6.49. The molecule has 0 atom stereocenters. The largest absolute Gasteiger partial charge is 0.352 e. The molecule has 3 aromatic rings. The molecule has 0 unspecified atom stereocenters. The fraction of sp³-hybridized carbons (Fsp3) is 0.238. The van der Waals surface area contributed by atoms with Crippen LogP contribution in [0.25, 0.3) is 5.82 Å². The topological polar surface area (TPSA) is 101 Å². The van der Waals surface area contributed by atoms with E-state index in [-0.39, 0.29) is 11.9 Å². The maximum atomic E-state index is 12.1. The van der Waals surface area contributed by atoms with Crippen LogP contribution in [0, 0.1) is 0 Å². The van der Waals surface area contributed by atoms with Gasteiger partial charge in [0.25, 0.3) is 5.91 Å². The van der Waals surface area contributed by atoms with Crippen molar-refractivity contribution in [3.05, 3.63) is 78.0 Å². The van der Waals surface area contributed by atoms with Crippen molar-refractivity contribution in [2.24, 2.45) is 0 Å². The molecule has 2 heterocycles. The highest BCUT2D eigenvalue weighted by Crippen LogP contribution is 2.06. The summed E-state index contributed by atoms with van der Waals surface area (Å²) in [6.07, 6.45) is 7.78. The molecule has 0 saturated heterocycles. The number of aromatic nitrogens is 3. The minimum atomic E-state index is -0.287. The maximum absolute atomic E-state index is 12.1. The Kier molecular flexibility index (Phi) is 6.94. The highest BCUT2D eigenvalue weighted by molar-refractivity contribution is 5.94. The van der Waals surface area contributed by atoms with E-state index < -0.39 is 0 Å². The normalized spacial score (nSPS) is 10.4. The number of pyridine rings is 1. The molecule has 0 aliphatic carbocycles. The van der Waals surface area contributed by atoms with Gasteiger partial charge in [0.1, 0.15) is 12.1 Å². The fourth-order valence-electron chi connectivity index (χ4n) is 2.66. The van der Waals surface area contributed by atoms with Crippen LogP contribution in [-0.4, -0.2) is 33.0 Å². The van der Waals surface area contributed by atoms with Gasteiger partial charge in [-0.2, -0.15) is 0 Å². The zero-order valence-electron chi connectivity index (χ0n) is 16.3. The molecular formula is C21H24N6O2. The zero-order valence-corrected chi connectivity index (χ0v) is 16.3. The van der Waals surface area contributed by atoms with Crippen LogP contribution in [0.4, 0.5) is 4.79 Å². The predicted molar refractivity (Wildman–Crippen MR) is 110 cm³/mol. The number of amides is 3. The highest BCUT2D eigenvalue weighted by Gasteiger charge is 2.06. The molecular weight excluding hydrogens is 368 g/mol. The Labute approximate surface area is 169 Å². The van der Waals surface area contributed by atoms with Crippen LogP contribution in [0.15, 0.2) is 61.3 Å². The lowest BCUT2D eigenvalue weighted by molar-refractivity contribution is 0.0953. The van der Waals surface area contributed by atoms with E-state index in [0.29, 0.717) is 25.2 Å². The van der Waals surface area contributed by atoms with E-state index in [9.17, 15) is 9.59 Å². The van der Waals surface area contributed by atoms with Gasteiger partial charge in [0.15, 0.2) is 0 Å². The van der Waals surface area contributed by atoms with E-state index in [2.05, 4.69) is 25.9 Å². The first-order valence-corrected chi connectivity index (χ1v) is 9.48. The first-order valence-electron chi connectivity index (χ1n) is 9.48. The van der Waals surface area contributed by atoms with E-state index in [0.717, 1.165) is 23.4 Å². The number of carbonyl (C=O) groups is 2. The molecule has 8 heteroatoms. The number of carbonyl (C=O) groups excluding carboxylic acids is 2. The summed E-state index contributed by atoms with van der Waals surface area (Å²) < 4.78 is 1.81. The molecule has 150 valence electrons. The van der Waals surface area contributed by atoms with Gasteiger partial charge in [-0.05, 0) is 35.7 Å². The third-order valence-corrected chi connectivity index (χ3v) is 4.21. The molecule has 3 rings (SSSR count). The molecule has 0 spiro atoms. The smallest absolute Gasteiger partial charge is 0.315 e. The lowest BCUT2D eigenvalue weighted by Gasteiger charge is -2.09. The molecule has 8 nitrogen and oxygen atoms in total. The number of imidazole rings is 1.